The first kappa shape index (κ1) is 24.3. The van der Waals surface area contributed by atoms with E-state index in [1.54, 1.807) is 16.2 Å². The summed E-state index contributed by atoms with van der Waals surface area (Å²) in [6.45, 7) is 6.08. The minimum atomic E-state index is -0.0960. The summed E-state index contributed by atoms with van der Waals surface area (Å²) in [4.78, 5) is 31.4. The minimum Gasteiger partial charge on any atom is -0.335 e. The monoisotopic (exact) mass is 455 g/mol. The van der Waals surface area contributed by atoms with Crippen LogP contribution in [-0.4, -0.2) is 40.9 Å². The maximum Gasteiger partial charge on any atom is 0.318 e. The van der Waals surface area contributed by atoms with Crippen molar-refractivity contribution in [3.8, 4) is 0 Å². The molecule has 174 valence electrons. The summed E-state index contributed by atoms with van der Waals surface area (Å²) in [6, 6.07) is 14.3. The second-order valence-corrected chi connectivity index (χ2v) is 10.0. The molecule has 3 rings (SSSR count). The van der Waals surface area contributed by atoms with E-state index in [0.29, 0.717) is 25.6 Å². The number of carbonyl (C=O) groups excluding carboxylic acids is 2. The van der Waals surface area contributed by atoms with E-state index < -0.39 is 0 Å². The Kier molecular flexibility index (Phi) is 9.60. The summed E-state index contributed by atoms with van der Waals surface area (Å²) in [7, 11) is 0. The average Bonchev–Trinajstić information content (AvgIpc) is 3.32. The molecule has 2 aromatic rings. The zero-order valence-corrected chi connectivity index (χ0v) is 20.3. The van der Waals surface area contributed by atoms with Gasteiger partial charge in [0.15, 0.2) is 0 Å². The molecule has 0 bridgehead atoms. The van der Waals surface area contributed by atoms with Gasteiger partial charge in [-0.3, -0.25) is 4.79 Å². The smallest absolute Gasteiger partial charge is 0.318 e. The van der Waals surface area contributed by atoms with Gasteiger partial charge in [0.25, 0.3) is 0 Å². The van der Waals surface area contributed by atoms with E-state index in [1.165, 1.54) is 19.3 Å². The van der Waals surface area contributed by atoms with Crippen molar-refractivity contribution < 1.29 is 9.59 Å². The van der Waals surface area contributed by atoms with Crippen molar-refractivity contribution in [2.75, 3.05) is 13.1 Å². The number of urea groups is 1. The van der Waals surface area contributed by atoms with Gasteiger partial charge in [0, 0.05) is 24.0 Å². The molecule has 1 unspecified atom stereocenters. The highest BCUT2D eigenvalue weighted by atomic mass is 32.1. The number of hydrogen-bond donors (Lipinski definition) is 1. The highest BCUT2D eigenvalue weighted by Crippen LogP contribution is 2.19. The van der Waals surface area contributed by atoms with Crippen LogP contribution in [0.3, 0.4) is 0 Å². The summed E-state index contributed by atoms with van der Waals surface area (Å²) in [5.41, 5.74) is 1.09. The van der Waals surface area contributed by atoms with Gasteiger partial charge in [-0.25, -0.2) is 4.79 Å². The summed E-state index contributed by atoms with van der Waals surface area (Å²) < 4.78 is 0. The maximum absolute atomic E-state index is 13.5. The summed E-state index contributed by atoms with van der Waals surface area (Å²) in [6.07, 6.45) is 6.63. The first-order valence-corrected chi connectivity index (χ1v) is 12.8. The second kappa shape index (κ2) is 12.6. The molecule has 32 heavy (non-hydrogen) atoms. The SMILES string of the molecule is CCC(C)CN(CC(=O)N(Cc1ccccc1)Cc1cccs1)C(=O)NC1CCCCC1. The molecule has 1 N–H and O–H groups in total. The Bertz CT molecular complexity index is 819. The van der Waals surface area contributed by atoms with E-state index in [9.17, 15) is 9.59 Å². The van der Waals surface area contributed by atoms with Gasteiger partial charge >= 0.3 is 6.03 Å². The van der Waals surface area contributed by atoms with E-state index >= 15 is 0 Å². The molecule has 1 aromatic heterocycles. The van der Waals surface area contributed by atoms with Crippen LogP contribution in [0.25, 0.3) is 0 Å². The molecule has 3 amide bonds. The molecule has 1 saturated carbocycles. The quantitative estimate of drug-likeness (QED) is 0.502. The van der Waals surface area contributed by atoms with Crippen LogP contribution in [0, 0.1) is 5.92 Å². The van der Waals surface area contributed by atoms with Gasteiger partial charge in [-0.2, -0.15) is 0 Å². The normalized spacial score (nSPS) is 15.2. The molecule has 0 saturated heterocycles. The lowest BCUT2D eigenvalue weighted by Gasteiger charge is -2.31. The van der Waals surface area contributed by atoms with Crippen LogP contribution in [0.5, 0.6) is 0 Å². The highest BCUT2D eigenvalue weighted by Gasteiger charge is 2.25. The fourth-order valence-electron chi connectivity index (χ4n) is 4.13. The summed E-state index contributed by atoms with van der Waals surface area (Å²) in [5.74, 6) is 0.337. The molecule has 0 aliphatic heterocycles. The Morgan fingerprint density at radius 3 is 2.44 bits per heavy atom. The van der Waals surface area contributed by atoms with Gasteiger partial charge in [-0.1, -0.05) is 75.9 Å². The van der Waals surface area contributed by atoms with E-state index in [-0.39, 0.29) is 24.5 Å². The number of amides is 3. The molecule has 5 nitrogen and oxygen atoms in total. The molecular formula is C26H37N3O2S. The lowest BCUT2D eigenvalue weighted by Crippen LogP contribution is -2.50. The number of hydrogen-bond acceptors (Lipinski definition) is 3. The van der Waals surface area contributed by atoms with Crippen molar-refractivity contribution in [2.45, 2.75) is 71.5 Å². The third kappa shape index (κ3) is 7.66. The van der Waals surface area contributed by atoms with Crippen LogP contribution in [0.2, 0.25) is 0 Å². The van der Waals surface area contributed by atoms with E-state index in [4.69, 9.17) is 0 Å². The fourth-order valence-corrected chi connectivity index (χ4v) is 4.85. The van der Waals surface area contributed by atoms with Gasteiger partial charge in [-0.15, -0.1) is 11.3 Å². The van der Waals surface area contributed by atoms with Crippen molar-refractivity contribution in [1.82, 2.24) is 15.1 Å². The maximum atomic E-state index is 13.5. The van der Waals surface area contributed by atoms with Gasteiger partial charge in [0.1, 0.15) is 6.54 Å². The van der Waals surface area contributed by atoms with Crippen molar-refractivity contribution in [3.63, 3.8) is 0 Å². The standard InChI is InChI=1S/C26H37N3O2S/c1-3-21(2)17-29(26(31)27-23-13-8-5-9-14-23)20-25(30)28(19-24-15-10-16-32-24)18-22-11-6-4-7-12-22/h4,6-7,10-12,15-16,21,23H,3,5,8-9,13-14,17-20H2,1-2H3,(H,27,31). The van der Waals surface area contributed by atoms with Gasteiger partial charge in [0.05, 0.1) is 6.54 Å². The Balaban J connectivity index is 1.70. The molecule has 1 aliphatic carbocycles. The van der Waals surface area contributed by atoms with Crippen LogP contribution >= 0.6 is 11.3 Å². The molecule has 1 atom stereocenters. The largest absolute Gasteiger partial charge is 0.335 e. The Labute approximate surface area is 196 Å². The molecule has 6 heteroatoms. The van der Waals surface area contributed by atoms with Crippen LogP contribution in [0.4, 0.5) is 4.79 Å². The Morgan fingerprint density at radius 2 is 1.78 bits per heavy atom. The summed E-state index contributed by atoms with van der Waals surface area (Å²) >= 11 is 1.66. The second-order valence-electron chi connectivity index (χ2n) is 8.99. The molecule has 1 heterocycles. The fraction of sp³-hybridized carbons (Fsp3) is 0.538. The molecule has 1 aromatic carbocycles. The first-order valence-electron chi connectivity index (χ1n) is 11.9. The zero-order chi connectivity index (χ0) is 22.8. The zero-order valence-electron chi connectivity index (χ0n) is 19.5. The van der Waals surface area contributed by atoms with Crippen molar-refractivity contribution in [2.24, 2.45) is 5.92 Å². The van der Waals surface area contributed by atoms with Crippen LogP contribution in [0.15, 0.2) is 47.8 Å². The topological polar surface area (TPSA) is 52.7 Å². The number of carbonyl (C=O) groups is 2. The van der Waals surface area contributed by atoms with Crippen LogP contribution in [-0.2, 0) is 17.9 Å². The number of nitrogens with zero attached hydrogens (tertiary/aromatic N) is 2. The number of nitrogens with one attached hydrogen (secondary N) is 1. The summed E-state index contributed by atoms with van der Waals surface area (Å²) in [5, 5.41) is 5.24. The minimum absolute atomic E-state index is 0.00986. The van der Waals surface area contributed by atoms with Gasteiger partial charge in [-0.05, 0) is 35.8 Å². The first-order chi connectivity index (χ1) is 15.5. The predicted octanol–water partition coefficient (Wildman–Crippen LogP) is 5.67. The van der Waals surface area contributed by atoms with Crippen LogP contribution in [0.1, 0.15) is 62.8 Å². The van der Waals surface area contributed by atoms with Crippen molar-refractivity contribution in [1.29, 1.82) is 0 Å². The average molecular weight is 456 g/mol. The Morgan fingerprint density at radius 1 is 1.03 bits per heavy atom. The lowest BCUT2D eigenvalue weighted by atomic mass is 9.96. The number of benzene rings is 1. The molecule has 1 fully saturated rings. The van der Waals surface area contributed by atoms with Gasteiger partial charge < -0.3 is 15.1 Å². The molecular weight excluding hydrogens is 418 g/mol. The van der Waals surface area contributed by atoms with E-state index in [0.717, 1.165) is 29.7 Å². The van der Waals surface area contributed by atoms with E-state index in [1.807, 2.05) is 46.7 Å². The van der Waals surface area contributed by atoms with E-state index in [2.05, 4.69) is 25.2 Å². The number of thiophene rings is 1. The third-order valence-corrected chi connectivity index (χ3v) is 7.13. The predicted molar refractivity (Wildman–Crippen MR) is 131 cm³/mol. The number of rotatable bonds is 10. The van der Waals surface area contributed by atoms with Crippen molar-refractivity contribution in [3.05, 3.63) is 58.3 Å². The highest BCUT2D eigenvalue weighted by molar-refractivity contribution is 7.09. The van der Waals surface area contributed by atoms with Gasteiger partial charge in [0.2, 0.25) is 5.91 Å². The molecule has 0 radical (unpaired) electrons. The van der Waals surface area contributed by atoms with Crippen molar-refractivity contribution >= 4 is 23.3 Å². The lowest BCUT2D eigenvalue weighted by molar-refractivity contribution is -0.133. The Hall–Kier alpha value is -2.34. The molecule has 0 spiro atoms. The molecule has 1 aliphatic rings. The third-order valence-electron chi connectivity index (χ3n) is 6.27. The van der Waals surface area contributed by atoms with Crippen LogP contribution < -0.4 is 5.32 Å².